The van der Waals surface area contributed by atoms with E-state index < -0.39 is 11.9 Å². The third-order valence-electron chi connectivity index (χ3n) is 2.55. The van der Waals surface area contributed by atoms with Crippen LogP contribution in [-0.2, 0) is 9.59 Å². The second-order valence-corrected chi connectivity index (χ2v) is 4.69. The number of carboxylic acid groups (broad SMARTS) is 1. The van der Waals surface area contributed by atoms with Crippen molar-refractivity contribution < 1.29 is 14.7 Å². The molecule has 0 bridgehead atoms. The zero-order valence-electron chi connectivity index (χ0n) is 8.91. The van der Waals surface area contributed by atoms with Crippen molar-refractivity contribution in [3.63, 3.8) is 0 Å². The van der Waals surface area contributed by atoms with Gasteiger partial charge < -0.3 is 10.0 Å². The fourth-order valence-electron chi connectivity index (χ4n) is 1.77. The first kappa shape index (κ1) is 11.0. The molecule has 4 nitrogen and oxygen atoms in total. The molecule has 1 aliphatic heterocycles. The van der Waals surface area contributed by atoms with Crippen LogP contribution in [0.3, 0.4) is 0 Å². The lowest BCUT2D eigenvalue weighted by atomic mass is 9.93. The predicted octanol–water partition coefficient (Wildman–Crippen LogP) is 1.11. The summed E-state index contributed by atoms with van der Waals surface area (Å²) in [5.74, 6) is -2.07. The van der Waals surface area contributed by atoms with Crippen LogP contribution in [0.25, 0.3) is 0 Å². The molecule has 4 heteroatoms. The number of carbonyl (C=O) groups excluding carboxylic acids is 1. The van der Waals surface area contributed by atoms with Gasteiger partial charge in [0.25, 0.3) is 0 Å². The van der Waals surface area contributed by atoms with Gasteiger partial charge in [-0.15, -0.1) is 0 Å². The molecule has 0 aromatic carbocycles. The maximum Gasteiger partial charge on any atom is 0.316 e. The number of hydrogen-bond acceptors (Lipinski definition) is 2. The first-order valence-corrected chi connectivity index (χ1v) is 4.88. The summed E-state index contributed by atoms with van der Waals surface area (Å²) < 4.78 is 0. The predicted molar refractivity (Wildman–Crippen MR) is 51.8 cm³/mol. The highest BCUT2D eigenvalue weighted by Gasteiger charge is 2.38. The minimum absolute atomic E-state index is 0.240. The van der Waals surface area contributed by atoms with Crippen LogP contribution in [0.1, 0.15) is 33.6 Å². The lowest BCUT2D eigenvalue weighted by Crippen LogP contribution is -2.52. The molecule has 1 heterocycles. The summed E-state index contributed by atoms with van der Waals surface area (Å²) in [6.45, 7) is 6.45. The van der Waals surface area contributed by atoms with E-state index >= 15 is 0 Å². The van der Waals surface area contributed by atoms with Gasteiger partial charge in [-0.3, -0.25) is 9.59 Å². The van der Waals surface area contributed by atoms with Crippen LogP contribution in [0.5, 0.6) is 0 Å². The summed E-state index contributed by atoms with van der Waals surface area (Å²) in [5, 5.41) is 8.84. The molecule has 1 fully saturated rings. The minimum Gasteiger partial charge on any atom is -0.481 e. The van der Waals surface area contributed by atoms with Crippen molar-refractivity contribution in [3.8, 4) is 0 Å². The maximum absolute atomic E-state index is 11.8. The zero-order chi connectivity index (χ0) is 10.9. The lowest BCUT2D eigenvalue weighted by molar-refractivity contribution is -0.156. The van der Waals surface area contributed by atoms with Crippen LogP contribution in [-0.4, -0.2) is 34.0 Å². The third kappa shape index (κ3) is 2.05. The molecule has 1 saturated heterocycles. The third-order valence-corrected chi connectivity index (χ3v) is 2.55. The van der Waals surface area contributed by atoms with Crippen LogP contribution in [0, 0.1) is 5.92 Å². The highest BCUT2D eigenvalue weighted by Crippen LogP contribution is 2.24. The van der Waals surface area contributed by atoms with E-state index in [4.69, 9.17) is 5.11 Å². The number of rotatable bonds is 1. The van der Waals surface area contributed by atoms with Gasteiger partial charge in [-0.25, -0.2) is 0 Å². The number of amides is 1. The maximum atomic E-state index is 11.8. The zero-order valence-corrected chi connectivity index (χ0v) is 8.91. The summed E-state index contributed by atoms with van der Waals surface area (Å²) in [5.41, 5.74) is -0.273. The minimum atomic E-state index is -0.996. The second-order valence-electron chi connectivity index (χ2n) is 4.69. The summed E-state index contributed by atoms with van der Waals surface area (Å²) in [6.07, 6.45) is 1.25. The van der Waals surface area contributed by atoms with Crippen LogP contribution < -0.4 is 0 Å². The molecule has 0 saturated carbocycles. The number of carbonyl (C=O) groups is 2. The van der Waals surface area contributed by atoms with E-state index in [-0.39, 0.29) is 11.4 Å². The molecule has 0 aromatic rings. The number of nitrogens with zero attached hydrogens (tertiary/aromatic N) is 1. The number of aliphatic carboxylic acids is 1. The van der Waals surface area contributed by atoms with Crippen molar-refractivity contribution in [2.24, 2.45) is 5.92 Å². The van der Waals surface area contributed by atoms with E-state index in [9.17, 15) is 9.59 Å². The average Bonchev–Trinajstić information content (AvgIpc) is 2.01. The van der Waals surface area contributed by atoms with Gasteiger partial charge in [-0.2, -0.15) is 0 Å². The van der Waals surface area contributed by atoms with Crippen LogP contribution in [0.2, 0.25) is 0 Å². The summed E-state index contributed by atoms with van der Waals surface area (Å²) in [6, 6.07) is 0. The topological polar surface area (TPSA) is 57.6 Å². The monoisotopic (exact) mass is 199 g/mol. The molecule has 14 heavy (non-hydrogen) atoms. The lowest BCUT2D eigenvalue weighted by Gasteiger charge is -2.40. The first-order valence-electron chi connectivity index (χ1n) is 4.88. The van der Waals surface area contributed by atoms with E-state index in [1.807, 2.05) is 20.8 Å². The number of hydrogen-bond donors (Lipinski definition) is 1. The van der Waals surface area contributed by atoms with Crippen molar-refractivity contribution in [3.05, 3.63) is 0 Å². The highest BCUT2D eigenvalue weighted by atomic mass is 16.4. The highest BCUT2D eigenvalue weighted by molar-refractivity contribution is 5.97. The van der Waals surface area contributed by atoms with Crippen molar-refractivity contribution in [1.29, 1.82) is 0 Å². The summed E-state index contributed by atoms with van der Waals surface area (Å²) in [4.78, 5) is 24.2. The van der Waals surface area contributed by atoms with Crippen molar-refractivity contribution >= 4 is 11.9 Å². The van der Waals surface area contributed by atoms with Gasteiger partial charge in [0.05, 0.1) is 0 Å². The number of piperidine rings is 1. The standard InChI is InChI=1S/C10H17NO3/c1-10(2,3)11-6-4-5-7(8(11)12)9(13)14/h7H,4-6H2,1-3H3,(H,13,14). The van der Waals surface area contributed by atoms with Gasteiger partial charge in [0.15, 0.2) is 0 Å². The molecule has 80 valence electrons. The van der Waals surface area contributed by atoms with Crippen LogP contribution in [0.15, 0.2) is 0 Å². The Kier molecular flexibility index (Phi) is 2.83. The Morgan fingerprint density at radius 1 is 1.50 bits per heavy atom. The van der Waals surface area contributed by atoms with Crippen LogP contribution in [0.4, 0.5) is 0 Å². The first-order chi connectivity index (χ1) is 6.34. The van der Waals surface area contributed by atoms with Crippen molar-refractivity contribution in [2.45, 2.75) is 39.2 Å². The summed E-state index contributed by atoms with van der Waals surface area (Å²) in [7, 11) is 0. The van der Waals surface area contributed by atoms with Gasteiger partial charge in [0.2, 0.25) is 5.91 Å². The Hall–Kier alpha value is -1.06. The molecule has 0 aliphatic carbocycles. The molecular formula is C10H17NO3. The Morgan fingerprint density at radius 3 is 2.50 bits per heavy atom. The van der Waals surface area contributed by atoms with Gasteiger partial charge in [0.1, 0.15) is 5.92 Å². The fraction of sp³-hybridized carbons (Fsp3) is 0.800. The molecule has 1 unspecified atom stereocenters. The van der Waals surface area contributed by atoms with Gasteiger partial charge in [-0.05, 0) is 33.6 Å². The van der Waals surface area contributed by atoms with Crippen molar-refractivity contribution in [2.75, 3.05) is 6.54 Å². The van der Waals surface area contributed by atoms with E-state index in [2.05, 4.69) is 0 Å². The van der Waals surface area contributed by atoms with Crippen LogP contribution >= 0.6 is 0 Å². The molecule has 1 aliphatic rings. The quantitative estimate of drug-likeness (QED) is 0.643. The molecular weight excluding hydrogens is 182 g/mol. The number of carboxylic acids is 1. The Morgan fingerprint density at radius 2 is 2.07 bits per heavy atom. The normalized spacial score (nSPS) is 23.8. The van der Waals surface area contributed by atoms with E-state index in [1.165, 1.54) is 0 Å². The molecule has 1 amide bonds. The molecule has 1 atom stereocenters. The van der Waals surface area contributed by atoms with E-state index in [1.54, 1.807) is 4.90 Å². The molecule has 1 rings (SSSR count). The molecule has 0 aromatic heterocycles. The Bertz CT molecular complexity index is 255. The smallest absolute Gasteiger partial charge is 0.316 e. The van der Waals surface area contributed by atoms with Gasteiger partial charge >= 0.3 is 5.97 Å². The Balaban J connectivity index is 2.82. The van der Waals surface area contributed by atoms with Crippen molar-refractivity contribution in [1.82, 2.24) is 4.90 Å². The largest absolute Gasteiger partial charge is 0.481 e. The van der Waals surface area contributed by atoms with Gasteiger partial charge in [0, 0.05) is 12.1 Å². The Labute approximate surface area is 83.9 Å². The molecule has 0 spiro atoms. The SMILES string of the molecule is CC(C)(C)N1CCCC(C(=O)O)C1=O. The molecule has 0 radical (unpaired) electrons. The van der Waals surface area contributed by atoms with E-state index in [0.29, 0.717) is 13.0 Å². The van der Waals surface area contributed by atoms with E-state index in [0.717, 1.165) is 6.42 Å². The number of likely N-dealkylation sites (tertiary alicyclic amines) is 1. The molecule has 1 N–H and O–H groups in total. The van der Waals surface area contributed by atoms with Gasteiger partial charge in [-0.1, -0.05) is 0 Å². The fourth-order valence-corrected chi connectivity index (χ4v) is 1.77. The average molecular weight is 199 g/mol. The summed E-state index contributed by atoms with van der Waals surface area (Å²) >= 11 is 0. The second kappa shape index (κ2) is 3.59.